The van der Waals surface area contributed by atoms with Crippen molar-refractivity contribution >= 4 is 11.9 Å². The first-order chi connectivity index (χ1) is 9.00. The molecule has 5 nitrogen and oxygen atoms in total. The van der Waals surface area contributed by atoms with Crippen LogP contribution in [0, 0.1) is 5.92 Å². The summed E-state index contributed by atoms with van der Waals surface area (Å²) in [5.41, 5.74) is 5.64. The summed E-state index contributed by atoms with van der Waals surface area (Å²) in [6, 6.07) is -0.0970. The Morgan fingerprint density at radius 2 is 2.00 bits per heavy atom. The van der Waals surface area contributed by atoms with E-state index in [-0.39, 0.29) is 18.0 Å². The molecule has 0 aromatic rings. The number of aliphatic carboxylic acids is 1. The Hall–Kier alpha value is -1.10. The zero-order valence-electron chi connectivity index (χ0n) is 11.7. The summed E-state index contributed by atoms with van der Waals surface area (Å²) in [7, 11) is 0. The molecule has 0 spiro atoms. The van der Waals surface area contributed by atoms with Crippen molar-refractivity contribution < 1.29 is 14.7 Å². The second kappa shape index (κ2) is 8.15. The summed E-state index contributed by atoms with van der Waals surface area (Å²) in [6.45, 7) is 1.92. The molecule has 0 aromatic carbocycles. The van der Waals surface area contributed by atoms with Crippen LogP contribution in [0.4, 0.5) is 0 Å². The lowest BCUT2D eigenvalue weighted by Crippen LogP contribution is -2.42. The summed E-state index contributed by atoms with van der Waals surface area (Å²) in [5, 5.41) is 12.1. The average molecular weight is 270 g/mol. The molecule has 4 N–H and O–H groups in total. The van der Waals surface area contributed by atoms with Crippen LogP contribution in [0.15, 0.2) is 0 Å². The van der Waals surface area contributed by atoms with E-state index in [9.17, 15) is 14.7 Å². The van der Waals surface area contributed by atoms with Crippen molar-refractivity contribution in [3.05, 3.63) is 0 Å². The number of rotatable bonds is 6. The SMILES string of the molecule is CC(N)CCCC(=O)NC1CCCCCC1C(=O)O. The molecule has 1 amide bonds. The van der Waals surface area contributed by atoms with Gasteiger partial charge in [0.2, 0.25) is 5.91 Å². The average Bonchev–Trinajstić information content (AvgIpc) is 2.53. The maximum atomic E-state index is 11.8. The van der Waals surface area contributed by atoms with Crippen molar-refractivity contribution in [1.82, 2.24) is 5.32 Å². The minimum absolute atomic E-state index is 0.0428. The number of carboxylic acids is 1. The number of carbonyl (C=O) groups excluding carboxylic acids is 1. The number of hydrogen-bond donors (Lipinski definition) is 3. The fourth-order valence-corrected chi connectivity index (χ4v) is 2.64. The van der Waals surface area contributed by atoms with Crippen LogP contribution < -0.4 is 11.1 Å². The van der Waals surface area contributed by atoms with Crippen LogP contribution in [0.2, 0.25) is 0 Å². The molecule has 0 bridgehead atoms. The molecular formula is C14H26N2O3. The fourth-order valence-electron chi connectivity index (χ4n) is 2.64. The molecule has 110 valence electrons. The van der Waals surface area contributed by atoms with E-state index in [1.165, 1.54) is 0 Å². The monoisotopic (exact) mass is 270 g/mol. The van der Waals surface area contributed by atoms with Gasteiger partial charge in [-0.15, -0.1) is 0 Å². The Kier molecular flexibility index (Phi) is 6.84. The molecule has 3 atom stereocenters. The Balaban J connectivity index is 2.42. The van der Waals surface area contributed by atoms with Crippen LogP contribution in [0.5, 0.6) is 0 Å². The largest absolute Gasteiger partial charge is 0.481 e. The van der Waals surface area contributed by atoms with Gasteiger partial charge >= 0.3 is 5.97 Å². The van der Waals surface area contributed by atoms with Gasteiger partial charge in [-0.25, -0.2) is 0 Å². The van der Waals surface area contributed by atoms with Gasteiger partial charge < -0.3 is 16.2 Å². The van der Waals surface area contributed by atoms with E-state index in [4.69, 9.17) is 5.73 Å². The topological polar surface area (TPSA) is 92.4 Å². The maximum absolute atomic E-state index is 11.8. The highest BCUT2D eigenvalue weighted by Gasteiger charge is 2.30. The van der Waals surface area contributed by atoms with E-state index in [0.717, 1.165) is 38.5 Å². The summed E-state index contributed by atoms with van der Waals surface area (Å²) < 4.78 is 0. The van der Waals surface area contributed by atoms with Gasteiger partial charge in [0.1, 0.15) is 0 Å². The van der Waals surface area contributed by atoms with E-state index in [0.29, 0.717) is 12.8 Å². The number of amides is 1. The zero-order valence-corrected chi connectivity index (χ0v) is 11.7. The third-order valence-electron chi connectivity index (χ3n) is 3.74. The van der Waals surface area contributed by atoms with Gasteiger partial charge in [0.25, 0.3) is 0 Å². The summed E-state index contributed by atoms with van der Waals surface area (Å²) in [4.78, 5) is 23.1. The highest BCUT2D eigenvalue weighted by molar-refractivity contribution is 5.78. The molecule has 1 aliphatic carbocycles. The highest BCUT2D eigenvalue weighted by Crippen LogP contribution is 2.24. The van der Waals surface area contributed by atoms with Gasteiger partial charge in [0, 0.05) is 18.5 Å². The number of hydrogen-bond acceptors (Lipinski definition) is 3. The number of carboxylic acid groups (broad SMARTS) is 1. The van der Waals surface area contributed by atoms with Crippen molar-refractivity contribution in [2.75, 3.05) is 0 Å². The van der Waals surface area contributed by atoms with Gasteiger partial charge in [-0.1, -0.05) is 19.3 Å². The molecule has 5 heteroatoms. The Labute approximate surface area is 114 Å². The van der Waals surface area contributed by atoms with E-state index in [1.807, 2.05) is 6.92 Å². The second-order valence-electron chi connectivity index (χ2n) is 5.63. The van der Waals surface area contributed by atoms with Crippen molar-refractivity contribution in [3.63, 3.8) is 0 Å². The quantitative estimate of drug-likeness (QED) is 0.640. The van der Waals surface area contributed by atoms with Crippen LogP contribution in [0.3, 0.4) is 0 Å². The molecule has 19 heavy (non-hydrogen) atoms. The lowest BCUT2D eigenvalue weighted by molar-refractivity contribution is -0.143. The molecule has 0 heterocycles. The van der Waals surface area contributed by atoms with Gasteiger partial charge in [-0.3, -0.25) is 9.59 Å². The molecule has 3 unspecified atom stereocenters. The van der Waals surface area contributed by atoms with Crippen LogP contribution in [-0.4, -0.2) is 29.1 Å². The standard InChI is InChI=1S/C14H26N2O3/c1-10(15)6-5-9-13(17)16-12-8-4-2-3-7-11(12)14(18)19/h10-12H,2-9,15H2,1H3,(H,16,17)(H,18,19). The van der Waals surface area contributed by atoms with Crippen molar-refractivity contribution in [1.29, 1.82) is 0 Å². The number of nitrogens with two attached hydrogens (primary N) is 1. The first-order valence-electron chi connectivity index (χ1n) is 7.28. The Bertz CT molecular complexity index is 305. The van der Waals surface area contributed by atoms with Crippen molar-refractivity contribution in [2.24, 2.45) is 11.7 Å². The maximum Gasteiger partial charge on any atom is 0.308 e. The minimum atomic E-state index is -0.789. The van der Waals surface area contributed by atoms with E-state index < -0.39 is 11.9 Å². The normalized spacial score (nSPS) is 25.4. The summed E-state index contributed by atoms with van der Waals surface area (Å²) in [5.74, 6) is -1.26. The highest BCUT2D eigenvalue weighted by atomic mass is 16.4. The first-order valence-corrected chi connectivity index (χ1v) is 7.28. The van der Waals surface area contributed by atoms with Gasteiger partial charge in [0.05, 0.1) is 5.92 Å². The second-order valence-corrected chi connectivity index (χ2v) is 5.63. The molecule has 1 aliphatic rings. The van der Waals surface area contributed by atoms with Crippen molar-refractivity contribution in [2.45, 2.75) is 70.4 Å². The van der Waals surface area contributed by atoms with E-state index in [2.05, 4.69) is 5.32 Å². The molecule has 1 rings (SSSR count). The molecule has 1 fully saturated rings. The van der Waals surface area contributed by atoms with Crippen LogP contribution >= 0.6 is 0 Å². The third kappa shape index (κ3) is 6.05. The lowest BCUT2D eigenvalue weighted by atomic mass is 9.94. The summed E-state index contributed by atoms with van der Waals surface area (Å²) >= 11 is 0. The first kappa shape index (κ1) is 16.0. The van der Waals surface area contributed by atoms with Crippen LogP contribution in [-0.2, 0) is 9.59 Å². The molecule has 1 saturated carbocycles. The Morgan fingerprint density at radius 3 is 2.63 bits per heavy atom. The minimum Gasteiger partial charge on any atom is -0.481 e. The van der Waals surface area contributed by atoms with Crippen LogP contribution in [0.25, 0.3) is 0 Å². The molecule has 0 radical (unpaired) electrons. The van der Waals surface area contributed by atoms with Gasteiger partial charge in [0.15, 0.2) is 0 Å². The van der Waals surface area contributed by atoms with Crippen LogP contribution in [0.1, 0.15) is 58.3 Å². The molecule has 0 aliphatic heterocycles. The number of carbonyl (C=O) groups is 2. The van der Waals surface area contributed by atoms with E-state index in [1.54, 1.807) is 0 Å². The molecule has 0 aromatic heterocycles. The predicted octanol–water partition coefficient (Wildman–Crippen LogP) is 1.65. The zero-order chi connectivity index (χ0) is 14.3. The Morgan fingerprint density at radius 1 is 1.32 bits per heavy atom. The summed E-state index contributed by atoms with van der Waals surface area (Å²) in [6.07, 6.45) is 6.44. The number of nitrogens with one attached hydrogen (secondary N) is 1. The van der Waals surface area contributed by atoms with Gasteiger partial charge in [-0.2, -0.15) is 0 Å². The lowest BCUT2D eigenvalue weighted by Gasteiger charge is -2.23. The molecular weight excluding hydrogens is 244 g/mol. The smallest absolute Gasteiger partial charge is 0.308 e. The third-order valence-corrected chi connectivity index (χ3v) is 3.74. The van der Waals surface area contributed by atoms with Crippen molar-refractivity contribution in [3.8, 4) is 0 Å². The molecule has 0 saturated heterocycles. The van der Waals surface area contributed by atoms with E-state index >= 15 is 0 Å². The predicted molar refractivity (Wildman–Crippen MR) is 73.6 cm³/mol. The van der Waals surface area contributed by atoms with Gasteiger partial charge in [-0.05, 0) is 32.6 Å². The fraction of sp³-hybridized carbons (Fsp3) is 0.857.